The highest BCUT2D eigenvalue weighted by molar-refractivity contribution is 9.74. The summed E-state index contributed by atoms with van der Waals surface area (Å²) >= 11 is 21.9. The molecule has 0 aromatic rings. The molecule has 0 amide bonds. The SMILES string of the molecule is CC(C)CN([Si](Br)(Br)Br)[Si](Br)(Br)Br. The molecule has 0 atom stereocenters. The second-order valence-electron chi connectivity index (χ2n) is 2.94. The van der Waals surface area contributed by atoms with Crippen LogP contribution in [0, 0.1) is 5.92 Å². The van der Waals surface area contributed by atoms with Gasteiger partial charge in [-0.15, -0.1) is 0 Å². The molecule has 0 fully saturated rings. The van der Waals surface area contributed by atoms with Crippen molar-refractivity contribution >= 4 is 99.9 Å². The topological polar surface area (TPSA) is 3.24 Å². The Morgan fingerprint density at radius 1 is 0.923 bits per heavy atom. The van der Waals surface area contributed by atoms with E-state index in [2.05, 4.69) is 110 Å². The minimum Gasteiger partial charge on any atom is -0.294 e. The van der Waals surface area contributed by atoms with Gasteiger partial charge in [-0.3, -0.25) is 4.23 Å². The number of hydrogen-bond donors (Lipinski definition) is 0. The van der Waals surface area contributed by atoms with Gasteiger partial charge in [0.25, 0.3) is 0 Å². The van der Waals surface area contributed by atoms with E-state index in [1.165, 1.54) is 0 Å². The van der Waals surface area contributed by atoms with Crippen LogP contribution in [0.2, 0.25) is 0 Å². The van der Waals surface area contributed by atoms with Gasteiger partial charge in [0.15, 0.2) is 0 Å². The summed E-state index contributed by atoms with van der Waals surface area (Å²) in [5.74, 6) is 0.624. The zero-order valence-corrected chi connectivity index (χ0v) is 18.5. The molecule has 0 spiro atoms. The second-order valence-corrected chi connectivity index (χ2v) is 46.2. The molecule has 0 bridgehead atoms. The first kappa shape index (κ1) is 16.3. The van der Waals surface area contributed by atoms with E-state index in [1.54, 1.807) is 0 Å². The van der Waals surface area contributed by atoms with Gasteiger partial charge < -0.3 is 0 Å². The van der Waals surface area contributed by atoms with Crippen LogP contribution in [0.3, 0.4) is 0 Å². The van der Waals surface area contributed by atoms with Gasteiger partial charge in [0.05, 0.1) is 0 Å². The summed E-state index contributed by atoms with van der Waals surface area (Å²) in [5, 5.41) is 0. The monoisotopic (exact) mass is 601 g/mol. The largest absolute Gasteiger partial charge is 0.340 e. The molecule has 80 valence electrons. The molecular weight excluding hydrogens is 598 g/mol. The van der Waals surface area contributed by atoms with Crippen LogP contribution < -0.4 is 0 Å². The quantitative estimate of drug-likeness (QED) is 0.315. The van der Waals surface area contributed by atoms with Crippen molar-refractivity contribution < 1.29 is 0 Å². The molecule has 9 heteroatoms. The highest BCUT2D eigenvalue weighted by atomic mass is 80.0. The van der Waals surface area contributed by atoms with Crippen molar-refractivity contribution in [2.24, 2.45) is 5.92 Å². The first-order chi connectivity index (χ1) is 5.55. The van der Waals surface area contributed by atoms with Crippen LogP contribution in [-0.4, -0.2) is 19.0 Å². The van der Waals surface area contributed by atoms with Gasteiger partial charge in [0, 0.05) is 0 Å². The predicted octanol–water partition coefficient (Wildman–Crippen LogP) is 5.19. The molecule has 0 N–H and O–H groups in total. The molecule has 0 rings (SSSR count). The Morgan fingerprint density at radius 3 is 1.31 bits per heavy atom. The molecule has 0 saturated carbocycles. The average Bonchev–Trinajstić information content (AvgIpc) is 1.77. The Balaban J connectivity index is 4.58. The van der Waals surface area contributed by atoms with Crippen molar-refractivity contribution in [1.82, 2.24) is 4.23 Å². The standard InChI is InChI=1S/C4H9Br6NSi2/c1-4(2)3-11(12(5,6)7)13(8,9)10/h4H,3H2,1-2H3. The fourth-order valence-electron chi connectivity index (χ4n) is 0.716. The van der Waals surface area contributed by atoms with Gasteiger partial charge >= 0.3 is 8.19 Å². The summed E-state index contributed by atoms with van der Waals surface area (Å²) in [7, 11) is 0. The van der Waals surface area contributed by atoms with Gasteiger partial charge in [0.1, 0.15) is 0 Å². The lowest BCUT2D eigenvalue weighted by atomic mass is 10.2. The Kier molecular flexibility index (Phi) is 7.85. The highest BCUT2D eigenvalue weighted by Gasteiger charge is 2.45. The van der Waals surface area contributed by atoms with Crippen LogP contribution in [-0.2, 0) is 0 Å². The fourth-order valence-corrected chi connectivity index (χ4v) is 39.3. The van der Waals surface area contributed by atoms with E-state index in [-0.39, 0.29) is 0 Å². The maximum absolute atomic E-state index is 3.65. The van der Waals surface area contributed by atoms with E-state index in [0.29, 0.717) is 5.92 Å². The van der Waals surface area contributed by atoms with Crippen molar-refractivity contribution in [3.8, 4) is 0 Å². The first-order valence-electron chi connectivity index (χ1n) is 3.46. The molecule has 0 radical (unpaired) electrons. The van der Waals surface area contributed by atoms with E-state index < -0.39 is 8.19 Å². The fraction of sp³-hybridized carbons (Fsp3) is 1.00. The van der Waals surface area contributed by atoms with Gasteiger partial charge in [-0.1, -0.05) is 106 Å². The Morgan fingerprint density at radius 2 is 1.23 bits per heavy atom. The highest BCUT2D eigenvalue weighted by Crippen LogP contribution is 2.43. The third-order valence-corrected chi connectivity index (χ3v) is 18.4. The first-order valence-corrected chi connectivity index (χ1v) is 20.9. The lowest BCUT2D eigenvalue weighted by Crippen LogP contribution is -2.51. The summed E-state index contributed by atoms with van der Waals surface area (Å²) in [4.78, 5) is 0. The molecule has 0 aromatic heterocycles. The Hall–Kier alpha value is 3.27. The molecule has 0 aromatic carbocycles. The third-order valence-electron chi connectivity index (χ3n) is 1.16. The summed E-state index contributed by atoms with van der Waals surface area (Å²) in [6.45, 7) is 5.42. The third kappa shape index (κ3) is 7.24. The lowest BCUT2D eigenvalue weighted by molar-refractivity contribution is 0.527. The van der Waals surface area contributed by atoms with Crippen LogP contribution in [0.5, 0.6) is 0 Å². The van der Waals surface area contributed by atoms with Gasteiger partial charge in [0.2, 0.25) is 0 Å². The molecule has 0 heterocycles. The summed E-state index contributed by atoms with van der Waals surface area (Å²) in [6.07, 6.45) is 0. The number of hydrogen-bond acceptors (Lipinski definition) is 1. The van der Waals surface area contributed by atoms with Crippen molar-refractivity contribution in [3.05, 3.63) is 0 Å². The van der Waals surface area contributed by atoms with Gasteiger partial charge in [-0.25, -0.2) is 0 Å². The number of nitrogens with zero attached hydrogens (tertiary/aromatic N) is 1. The maximum Gasteiger partial charge on any atom is 0.340 e. The molecule has 0 unspecified atom stereocenters. The van der Waals surface area contributed by atoms with E-state index >= 15 is 0 Å². The lowest BCUT2D eigenvalue weighted by Gasteiger charge is -2.35. The van der Waals surface area contributed by atoms with E-state index in [0.717, 1.165) is 6.54 Å². The molecule has 0 aliphatic carbocycles. The molecule has 0 aliphatic rings. The van der Waals surface area contributed by atoms with Crippen LogP contribution in [0.15, 0.2) is 0 Å². The normalized spacial score (nSPS) is 14.3. The maximum atomic E-state index is 3.65. The Labute approximate surface area is 128 Å². The minimum atomic E-state index is -1.79. The van der Waals surface area contributed by atoms with Crippen LogP contribution in [0.4, 0.5) is 0 Å². The predicted molar refractivity (Wildman–Crippen MR) is 86.6 cm³/mol. The average molecular weight is 607 g/mol. The number of halogens is 6. The van der Waals surface area contributed by atoms with Crippen LogP contribution in [0.25, 0.3) is 0 Å². The van der Waals surface area contributed by atoms with Crippen molar-refractivity contribution in [1.29, 1.82) is 0 Å². The molecule has 0 saturated heterocycles. The summed E-state index contributed by atoms with van der Waals surface area (Å²) < 4.78 is -1.23. The van der Waals surface area contributed by atoms with E-state index in [1.807, 2.05) is 0 Å². The van der Waals surface area contributed by atoms with Gasteiger partial charge in [-0.05, 0) is 12.5 Å². The van der Waals surface area contributed by atoms with Crippen molar-refractivity contribution in [2.45, 2.75) is 13.8 Å². The van der Waals surface area contributed by atoms with Crippen molar-refractivity contribution in [2.75, 3.05) is 6.54 Å². The smallest absolute Gasteiger partial charge is 0.294 e. The van der Waals surface area contributed by atoms with Crippen LogP contribution in [0.1, 0.15) is 13.8 Å². The van der Waals surface area contributed by atoms with Gasteiger partial charge in [-0.2, -0.15) is 0 Å². The van der Waals surface area contributed by atoms with Crippen molar-refractivity contribution in [3.63, 3.8) is 0 Å². The molecule has 1 nitrogen and oxygen atoms in total. The van der Waals surface area contributed by atoms with Crippen LogP contribution >= 0.6 is 91.8 Å². The summed E-state index contributed by atoms with van der Waals surface area (Å²) in [6, 6.07) is 0. The number of rotatable bonds is 4. The summed E-state index contributed by atoms with van der Waals surface area (Å²) in [5.41, 5.74) is 0. The minimum absolute atomic E-state index is 0.624. The zero-order valence-electron chi connectivity index (χ0n) is 7.00. The zero-order chi connectivity index (χ0) is 10.9. The second kappa shape index (κ2) is 6.27. The van der Waals surface area contributed by atoms with E-state index in [9.17, 15) is 0 Å². The van der Waals surface area contributed by atoms with E-state index in [4.69, 9.17) is 0 Å². The molecular formula is C4H9Br6NSi2. The Bertz CT molecular complexity index is 149. The molecule has 0 aliphatic heterocycles. The molecule has 13 heavy (non-hydrogen) atoms.